The van der Waals surface area contributed by atoms with E-state index in [-0.39, 0.29) is 17.0 Å². The zero-order valence-electron chi connectivity index (χ0n) is 16.0. The molecule has 1 aromatic carbocycles. The van der Waals surface area contributed by atoms with Crippen molar-refractivity contribution in [3.05, 3.63) is 52.3 Å². The largest absolute Gasteiger partial charge is 0.451 e. The van der Waals surface area contributed by atoms with Gasteiger partial charge in [0.05, 0.1) is 27.0 Å². The quantitative estimate of drug-likeness (QED) is 0.579. The van der Waals surface area contributed by atoms with Crippen LogP contribution in [0, 0.1) is 13.8 Å². The third kappa shape index (κ3) is 4.24. The van der Waals surface area contributed by atoms with Crippen molar-refractivity contribution in [3.63, 3.8) is 0 Å². The summed E-state index contributed by atoms with van der Waals surface area (Å²) in [7, 11) is -1.32. The fourth-order valence-electron chi connectivity index (χ4n) is 2.99. The monoisotopic (exact) mass is 389 g/mol. The maximum Gasteiger partial charge on any atom is 0.340 e. The number of aromatic nitrogens is 1. The van der Waals surface area contributed by atoms with Crippen LogP contribution < -0.4 is 0 Å². The Morgan fingerprint density at radius 2 is 1.81 bits per heavy atom. The van der Waals surface area contributed by atoms with Crippen LogP contribution in [0.5, 0.6) is 0 Å². The van der Waals surface area contributed by atoms with Gasteiger partial charge in [0.25, 0.3) is 0 Å². The lowest BCUT2D eigenvalue weighted by Gasteiger charge is -2.14. The van der Waals surface area contributed by atoms with Gasteiger partial charge >= 0.3 is 5.97 Å². The van der Waals surface area contributed by atoms with Crippen molar-refractivity contribution in [1.82, 2.24) is 4.98 Å². The number of benzene rings is 1. The maximum atomic E-state index is 12.7. The van der Waals surface area contributed by atoms with E-state index in [9.17, 15) is 18.6 Å². The number of nitrogens with one attached hydrogen (secondary N) is 1. The highest BCUT2D eigenvalue weighted by atomic mass is 32.2. The second-order valence-electron chi connectivity index (χ2n) is 6.22. The summed E-state index contributed by atoms with van der Waals surface area (Å²) in [5.74, 6) is -0.902. The van der Waals surface area contributed by atoms with Gasteiger partial charge in [-0.25, -0.2) is 4.79 Å². The molecular formula is C20H23NO5S. The van der Waals surface area contributed by atoms with Crippen molar-refractivity contribution in [1.29, 1.82) is 0 Å². The van der Waals surface area contributed by atoms with Crippen molar-refractivity contribution in [2.75, 3.05) is 5.75 Å². The van der Waals surface area contributed by atoms with Gasteiger partial charge in [-0.15, -0.1) is 0 Å². The average Bonchev–Trinajstić information content (AvgIpc) is 2.94. The molecule has 1 aromatic heterocycles. The molecule has 1 N–H and O–H groups in total. The molecule has 27 heavy (non-hydrogen) atoms. The van der Waals surface area contributed by atoms with E-state index in [1.807, 2.05) is 0 Å². The molecule has 0 fully saturated rings. The number of carbonyl (C=O) groups is 3. The Hall–Kier alpha value is -2.54. The fourth-order valence-corrected chi connectivity index (χ4v) is 3.93. The van der Waals surface area contributed by atoms with Crippen LogP contribution in [0.25, 0.3) is 0 Å². The predicted molar refractivity (Wildman–Crippen MR) is 103 cm³/mol. The minimum atomic E-state index is -1.32. The predicted octanol–water partition coefficient (Wildman–Crippen LogP) is 3.39. The van der Waals surface area contributed by atoms with Crippen molar-refractivity contribution in [2.24, 2.45) is 0 Å². The number of hydrogen-bond acceptors (Lipinski definition) is 5. The molecule has 2 atom stereocenters. The smallest absolute Gasteiger partial charge is 0.340 e. The van der Waals surface area contributed by atoms with E-state index in [4.69, 9.17) is 4.74 Å². The first-order valence-corrected chi connectivity index (χ1v) is 9.93. The number of aryl methyl sites for hydroxylation is 1. The van der Waals surface area contributed by atoms with E-state index in [0.717, 1.165) is 0 Å². The van der Waals surface area contributed by atoms with Crippen LogP contribution in [-0.2, 0) is 15.5 Å². The molecule has 0 aliphatic rings. The molecule has 2 aromatic rings. The highest BCUT2D eigenvalue weighted by Crippen LogP contribution is 2.21. The topological polar surface area (TPSA) is 93.3 Å². The SMILES string of the molecule is CC[S@@](=O)c1ccccc1C(=O)O[C@H](C)C(=O)c1[nH]c(C)c(C(C)=O)c1C. The molecule has 144 valence electrons. The highest BCUT2D eigenvalue weighted by molar-refractivity contribution is 7.85. The molecule has 0 aliphatic heterocycles. The number of carbonyl (C=O) groups excluding carboxylic acids is 3. The molecule has 0 unspecified atom stereocenters. The summed E-state index contributed by atoms with van der Waals surface area (Å²) in [4.78, 5) is 40.3. The second kappa shape index (κ2) is 8.43. The minimum Gasteiger partial charge on any atom is -0.451 e. The van der Waals surface area contributed by atoms with Gasteiger partial charge in [0, 0.05) is 17.0 Å². The van der Waals surface area contributed by atoms with E-state index in [1.165, 1.54) is 19.9 Å². The molecule has 0 saturated carbocycles. The van der Waals surface area contributed by atoms with Gasteiger partial charge in [-0.05, 0) is 45.4 Å². The summed E-state index contributed by atoms with van der Waals surface area (Å²) < 4.78 is 17.5. The normalized spacial score (nSPS) is 13.1. The van der Waals surface area contributed by atoms with Crippen LogP contribution in [0.3, 0.4) is 0 Å². The van der Waals surface area contributed by atoms with Crippen molar-refractivity contribution in [2.45, 2.75) is 45.6 Å². The summed E-state index contributed by atoms with van der Waals surface area (Å²) in [5, 5.41) is 0. The van der Waals surface area contributed by atoms with Crippen molar-refractivity contribution in [3.8, 4) is 0 Å². The maximum absolute atomic E-state index is 12.7. The molecule has 0 saturated heterocycles. The number of H-pyrrole nitrogens is 1. The van der Waals surface area contributed by atoms with Gasteiger partial charge in [0.15, 0.2) is 11.9 Å². The Balaban J connectivity index is 2.26. The second-order valence-corrected chi connectivity index (χ2v) is 7.93. The van der Waals surface area contributed by atoms with E-state index in [2.05, 4.69) is 4.98 Å². The van der Waals surface area contributed by atoms with Crippen molar-refractivity contribution >= 4 is 28.3 Å². The van der Waals surface area contributed by atoms with Crippen LogP contribution >= 0.6 is 0 Å². The number of hydrogen-bond donors (Lipinski definition) is 1. The summed E-state index contributed by atoms with van der Waals surface area (Å²) >= 11 is 0. The Labute approximate surface area is 160 Å². The summed E-state index contributed by atoms with van der Waals surface area (Å²) in [6.45, 7) is 8.07. The molecule has 2 rings (SSSR count). The third-order valence-electron chi connectivity index (χ3n) is 4.30. The molecule has 0 aliphatic carbocycles. The van der Waals surface area contributed by atoms with Crippen molar-refractivity contribution < 1.29 is 23.3 Å². The number of ketones is 2. The number of ether oxygens (including phenoxy) is 1. The first-order valence-electron chi connectivity index (χ1n) is 8.61. The molecule has 0 bridgehead atoms. The number of esters is 1. The fraction of sp³-hybridized carbons (Fsp3) is 0.350. The molecule has 0 radical (unpaired) electrons. The van der Waals surface area contributed by atoms with Crippen LogP contribution in [0.4, 0.5) is 0 Å². The van der Waals surface area contributed by atoms with Gasteiger partial charge < -0.3 is 9.72 Å². The molecule has 0 spiro atoms. The third-order valence-corrected chi connectivity index (χ3v) is 5.67. The van der Waals surface area contributed by atoms with E-state index in [0.29, 0.717) is 27.5 Å². The number of Topliss-reactive ketones (excluding diaryl/α,β-unsaturated/α-hetero) is 2. The zero-order valence-corrected chi connectivity index (χ0v) is 16.9. The summed E-state index contributed by atoms with van der Waals surface area (Å²) in [6.07, 6.45) is -1.06. The van der Waals surface area contributed by atoms with Crippen LogP contribution in [0.2, 0.25) is 0 Å². The molecule has 7 heteroatoms. The average molecular weight is 389 g/mol. The van der Waals surface area contributed by atoms with Gasteiger partial charge in [0.1, 0.15) is 0 Å². The van der Waals surface area contributed by atoms with Gasteiger partial charge in [-0.1, -0.05) is 19.1 Å². The Bertz CT molecular complexity index is 928. The Morgan fingerprint density at radius 1 is 1.19 bits per heavy atom. The Kier molecular flexibility index (Phi) is 6.49. The lowest BCUT2D eigenvalue weighted by atomic mass is 10.0. The van der Waals surface area contributed by atoms with Gasteiger partial charge in [0.2, 0.25) is 5.78 Å². The van der Waals surface area contributed by atoms with Gasteiger partial charge in [-0.2, -0.15) is 0 Å². The molecule has 1 heterocycles. The first-order chi connectivity index (χ1) is 12.7. The summed E-state index contributed by atoms with van der Waals surface area (Å²) in [6, 6.07) is 6.49. The van der Waals surface area contributed by atoms with Crippen LogP contribution in [0.1, 0.15) is 63.2 Å². The first kappa shape index (κ1) is 20.8. The lowest BCUT2D eigenvalue weighted by Crippen LogP contribution is -2.26. The number of rotatable bonds is 7. The van der Waals surface area contributed by atoms with Gasteiger partial charge in [-0.3, -0.25) is 13.8 Å². The minimum absolute atomic E-state index is 0.138. The van der Waals surface area contributed by atoms with E-state index >= 15 is 0 Å². The van der Waals surface area contributed by atoms with E-state index in [1.54, 1.807) is 39.0 Å². The Morgan fingerprint density at radius 3 is 2.37 bits per heavy atom. The van der Waals surface area contributed by atoms with Crippen LogP contribution in [0.15, 0.2) is 29.2 Å². The number of aromatic amines is 1. The lowest BCUT2D eigenvalue weighted by molar-refractivity contribution is 0.0313. The standard InChI is InChI=1S/C20H23NO5S/c1-6-27(25)16-10-8-7-9-15(16)20(24)26-14(5)19(23)18-11(2)17(13(4)22)12(3)21-18/h7-10,14,21H,6H2,1-5H3/t14-,27-/m1/s1. The molecule has 6 nitrogen and oxygen atoms in total. The summed E-state index contributed by atoms with van der Waals surface area (Å²) in [5.41, 5.74) is 2.05. The molecule has 0 amide bonds. The van der Waals surface area contributed by atoms with Crippen LogP contribution in [-0.4, -0.2) is 38.6 Å². The highest BCUT2D eigenvalue weighted by Gasteiger charge is 2.27. The zero-order chi connectivity index (χ0) is 20.3. The molecular weight excluding hydrogens is 366 g/mol. The van der Waals surface area contributed by atoms with E-state index < -0.39 is 28.7 Å².